The molecule has 102 valence electrons. The summed E-state index contributed by atoms with van der Waals surface area (Å²) in [5.41, 5.74) is 0. The van der Waals surface area contributed by atoms with Gasteiger partial charge in [0, 0.05) is 13.1 Å². The quantitative estimate of drug-likeness (QED) is 0.545. The Morgan fingerprint density at radius 1 is 1.24 bits per heavy atom. The van der Waals surface area contributed by atoms with E-state index in [0.717, 1.165) is 51.9 Å². The molecule has 0 aliphatic rings. The van der Waals surface area contributed by atoms with Gasteiger partial charge in [0.25, 0.3) is 0 Å². The van der Waals surface area contributed by atoms with E-state index in [4.69, 9.17) is 5.11 Å². The maximum Gasteiger partial charge on any atom is 0.320 e. The number of aliphatic carboxylic acids is 1. The van der Waals surface area contributed by atoms with Crippen LogP contribution in [0.1, 0.15) is 46.5 Å². The molecule has 4 nitrogen and oxygen atoms in total. The Balaban J connectivity index is 3.80. The highest BCUT2D eigenvalue weighted by Gasteiger charge is 2.15. The highest BCUT2D eigenvalue weighted by molar-refractivity contribution is 5.73. The van der Waals surface area contributed by atoms with Crippen LogP contribution in [0.2, 0.25) is 0 Å². The minimum absolute atomic E-state index is 0.378. The van der Waals surface area contributed by atoms with Crippen LogP contribution in [-0.2, 0) is 4.79 Å². The Morgan fingerprint density at radius 3 is 2.35 bits per heavy atom. The highest BCUT2D eigenvalue weighted by atomic mass is 16.4. The van der Waals surface area contributed by atoms with Gasteiger partial charge in [-0.1, -0.05) is 40.0 Å². The van der Waals surface area contributed by atoms with Crippen molar-refractivity contribution in [3.8, 4) is 0 Å². The second kappa shape index (κ2) is 10.5. The topological polar surface area (TPSA) is 52.6 Å². The molecular formula is C13H28N2O2. The van der Waals surface area contributed by atoms with Crippen molar-refractivity contribution in [2.75, 3.05) is 26.2 Å². The third-order valence-corrected chi connectivity index (χ3v) is 3.11. The fourth-order valence-electron chi connectivity index (χ4n) is 1.85. The molecule has 0 heterocycles. The van der Waals surface area contributed by atoms with Crippen molar-refractivity contribution in [1.29, 1.82) is 0 Å². The van der Waals surface area contributed by atoms with Crippen LogP contribution in [-0.4, -0.2) is 48.2 Å². The Labute approximate surface area is 105 Å². The molecule has 0 aromatic heterocycles. The second-order valence-corrected chi connectivity index (χ2v) is 4.37. The Bertz CT molecular complexity index is 194. The summed E-state index contributed by atoms with van der Waals surface area (Å²) in [6, 6.07) is -0.378. The van der Waals surface area contributed by atoms with Gasteiger partial charge < -0.3 is 15.3 Å². The monoisotopic (exact) mass is 244 g/mol. The fourth-order valence-corrected chi connectivity index (χ4v) is 1.85. The zero-order valence-corrected chi connectivity index (χ0v) is 11.5. The summed E-state index contributed by atoms with van der Waals surface area (Å²) in [7, 11) is 0. The Hall–Kier alpha value is -0.610. The minimum atomic E-state index is -0.722. The first-order chi connectivity index (χ1) is 8.15. The standard InChI is InChI=1S/C13H28N2O2/c1-4-7-8-9-12(13(16)17)14-10-11-15(5-2)6-3/h12,14H,4-11H2,1-3H3,(H,16,17). The van der Waals surface area contributed by atoms with Gasteiger partial charge >= 0.3 is 5.97 Å². The number of likely N-dealkylation sites (N-methyl/N-ethyl adjacent to an activating group) is 1. The van der Waals surface area contributed by atoms with E-state index in [1.54, 1.807) is 0 Å². The van der Waals surface area contributed by atoms with Crippen LogP contribution in [0, 0.1) is 0 Å². The van der Waals surface area contributed by atoms with Crippen molar-refractivity contribution in [3.63, 3.8) is 0 Å². The molecule has 2 N–H and O–H groups in total. The number of hydrogen-bond donors (Lipinski definition) is 2. The first-order valence-electron chi connectivity index (χ1n) is 6.84. The molecule has 0 fully saturated rings. The number of nitrogens with one attached hydrogen (secondary N) is 1. The third kappa shape index (κ3) is 8.16. The van der Waals surface area contributed by atoms with E-state index in [2.05, 4.69) is 31.0 Å². The molecule has 0 aliphatic heterocycles. The first kappa shape index (κ1) is 16.4. The second-order valence-electron chi connectivity index (χ2n) is 4.37. The predicted octanol–water partition coefficient (Wildman–Crippen LogP) is 1.95. The maximum absolute atomic E-state index is 11.0. The first-order valence-corrected chi connectivity index (χ1v) is 6.84. The molecule has 0 rings (SSSR count). The summed E-state index contributed by atoms with van der Waals surface area (Å²) in [5, 5.41) is 12.2. The van der Waals surface area contributed by atoms with E-state index < -0.39 is 5.97 Å². The van der Waals surface area contributed by atoms with Gasteiger partial charge in [0.05, 0.1) is 0 Å². The molecule has 0 amide bonds. The van der Waals surface area contributed by atoms with Crippen LogP contribution >= 0.6 is 0 Å². The molecule has 0 spiro atoms. The average Bonchev–Trinajstić information content (AvgIpc) is 2.32. The van der Waals surface area contributed by atoms with E-state index in [9.17, 15) is 4.79 Å². The lowest BCUT2D eigenvalue weighted by atomic mass is 10.1. The summed E-state index contributed by atoms with van der Waals surface area (Å²) in [5.74, 6) is -0.722. The highest BCUT2D eigenvalue weighted by Crippen LogP contribution is 2.03. The summed E-state index contributed by atoms with van der Waals surface area (Å²) in [6.07, 6.45) is 3.97. The molecule has 0 saturated heterocycles. The van der Waals surface area contributed by atoms with Gasteiger partial charge in [0.15, 0.2) is 0 Å². The zero-order chi connectivity index (χ0) is 13.1. The molecule has 0 aromatic carbocycles. The minimum Gasteiger partial charge on any atom is -0.480 e. The number of hydrogen-bond acceptors (Lipinski definition) is 3. The van der Waals surface area contributed by atoms with Crippen molar-refractivity contribution in [2.45, 2.75) is 52.5 Å². The van der Waals surface area contributed by atoms with Gasteiger partial charge in [-0.25, -0.2) is 0 Å². The molecule has 0 aliphatic carbocycles. The smallest absolute Gasteiger partial charge is 0.320 e. The van der Waals surface area contributed by atoms with Crippen LogP contribution in [0.4, 0.5) is 0 Å². The van der Waals surface area contributed by atoms with E-state index in [0.29, 0.717) is 0 Å². The van der Waals surface area contributed by atoms with Gasteiger partial charge in [0.2, 0.25) is 0 Å². The maximum atomic E-state index is 11.0. The van der Waals surface area contributed by atoms with E-state index in [1.807, 2.05) is 0 Å². The molecule has 17 heavy (non-hydrogen) atoms. The number of carboxylic acids is 1. The van der Waals surface area contributed by atoms with E-state index in [-0.39, 0.29) is 6.04 Å². The number of rotatable bonds is 11. The van der Waals surface area contributed by atoms with E-state index in [1.165, 1.54) is 0 Å². The lowest BCUT2D eigenvalue weighted by molar-refractivity contribution is -0.139. The Kier molecular flexibility index (Phi) is 10.2. The lowest BCUT2D eigenvalue weighted by Crippen LogP contribution is -2.41. The predicted molar refractivity (Wildman–Crippen MR) is 71.4 cm³/mol. The molecule has 0 radical (unpaired) electrons. The number of nitrogens with zero attached hydrogens (tertiary/aromatic N) is 1. The molecule has 1 atom stereocenters. The number of carboxylic acid groups (broad SMARTS) is 1. The average molecular weight is 244 g/mol. The van der Waals surface area contributed by atoms with Crippen LogP contribution in [0.5, 0.6) is 0 Å². The van der Waals surface area contributed by atoms with Crippen LogP contribution in [0.25, 0.3) is 0 Å². The number of unbranched alkanes of at least 4 members (excludes halogenated alkanes) is 2. The van der Waals surface area contributed by atoms with Crippen LogP contribution in [0.15, 0.2) is 0 Å². The SMILES string of the molecule is CCCCCC(NCCN(CC)CC)C(=O)O. The molecule has 4 heteroatoms. The van der Waals surface area contributed by atoms with Gasteiger partial charge in [-0.05, 0) is 19.5 Å². The molecule has 1 unspecified atom stereocenters. The van der Waals surface area contributed by atoms with Crippen molar-refractivity contribution < 1.29 is 9.90 Å². The van der Waals surface area contributed by atoms with Gasteiger partial charge in [-0.2, -0.15) is 0 Å². The van der Waals surface area contributed by atoms with Gasteiger partial charge in [0.1, 0.15) is 6.04 Å². The van der Waals surface area contributed by atoms with Crippen molar-refractivity contribution in [3.05, 3.63) is 0 Å². The largest absolute Gasteiger partial charge is 0.480 e. The molecule has 0 aromatic rings. The normalized spacial score (nSPS) is 12.9. The van der Waals surface area contributed by atoms with Crippen molar-refractivity contribution in [2.24, 2.45) is 0 Å². The summed E-state index contributed by atoms with van der Waals surface area (Å²) in [4.78, 5) is 13.3. The third-order valence-electron chi connectivity index (χ3n) is 3.11. The summed E-state index contributed by atoms with van der Waals surface area (Å²) < 4.78 is 0. The van der Waals surface area contributed by atoms with Crippen LogP contribution < -0.4 is 5.32 Å². The van der Waals surface area contributed by atoms with Crippen molar-refractivity contribution in [1.82, 2.24) is 10.2 Å². The van der Waals surface area contributed by atoms with Crippen LogP contribution in [0.3, 0.4) is 0 Å². The van der Waals surface area contributed by atoms with Gasteiger partial charge in [-0.15, -0.1) is 0 Å². The lowest BCUT2D eigenvalue weighted by Gasteiger charge is -2.20. The van der Waals surface area contributed by atoms with Crippen molar-refractivity contribution >= 4 is 5.97 Å². The summed E-state index contributed by atoms with van der Waals surface area (Å²) >= 11 is 0. The zero-order valence-electron chi connectivity index (χ0n) is 11.5. The molecular weight excluding hydrogens is 216 g/mol. The Morgan fingerprint density at radius 2 is 1.88 bits per heavy atom. The molecule has 0 saturated carbocycles. The number of carbonyl (C=O) groups is 1. The summed E-state index contributed by atoms with van der Waals surface area (Å²) in [6.45, 7) is 10.1. The molecule has 0 bridgehead atoms. The van der Waals surface area contributed by atoms with Gasteiger partial charge in [-0.3, -0.25) is 4.79 Å². The van der Waals surface area contributed by atoms with E-state index >= 15 is 0 Å². The fraction of sp³-hybridized carbons (Fsp3) is 0.923.